The molecule has 0 amide bonds. The van der Waals surface area contributed by atoms with Gasteiger partial charge in [-0.1, -0.05) is 35.0 Å². The quantitative estimate of drug-likeness (QED) is 0.691. The summed E-state index contributed by atoms with van der Waals surface area (Å²) in [5.41, 5.74) is 1.28. The van der Waals surface area contributed by atoms with Crippen molar-refractivity contribution in [2.75, 3.05) is 0 Å². The number of benzene rings is 1. The van der Waals surface area contributed by atoms with Crippen molar-refractivity contribution >= 4 is 17.4 Å². The normalized spacial score (nSPS) is 10.8. The van der Waals surface area contributed by atoms with E-state index >= 15 is 0 Å². The highest BCUT2D eigenvalue weighted by atomic mass is 35.5. The van der Waals surface area contributed by atoms with Gasteiger partial charge in [-0.3, -0.25) is 9.48 Å². The Morgan fingerprint density at radius 1 is 1.38 bits per heavy atom. The molecule has 0 aliphatic heterocycles. The van der Waals surface area contributed by atoms with Crippen LogP contribution in [0.2, 0.25) is 5.02 Å². The molecule has 0 aliphatic carbocycles. The van der Waals surface area contributed by atoms with Gasteiger partial charge >= 0.3 is 0 Å². The molecule has 0 saturated carbocycles. The summed E-state index contributed by atoms with van der Waals surface area (Å²) in [5.74, 6) is 0.0152. The van der Waals surface area contributed by atoms with E-state index in [0.717, 1.165) is 5.56 Å². The largest absolute Gasteiger partial charge is 0.330 e. The van der Waals surface area contributed by atoms with Crippen molar-refractivity contribution in [2.24, 2.45) is 7.05 Å². The van der Waals surface area contributed by atoms with E-state index in [9.17, 15) is 4.79 Å². The molecule has 3 aromatic rings. The number of halogens is 1. The molecule has 0 spiro atoms. The van der Waals surface area contributed by atoms with E-state index in [1.54, 1.807) is 19.3 Å². The van der Waals surface area contributed by atoms with Gasteiger partial charge in [-0.25, -0.2) is 0 Å². The third kappa shape index (κ3) is 2.85. The molecule has 0 bridgehead atoms. The summed E-state index contributed by atoms with van der Waals surface area (Å²) in [4.78, 5) is 16.2. The van der Waals surface area contributed by atoms with Crippen molar-refractivity contribution in [3.05, 3.63) is 64.5 Å². The van der Waals surface area contributed by atoms with E-state index in [1.165, 1.54) is 10.9 Å². The molecule has 0 aliphatic rings. The fraction of sp³-hybridized carbons (Fsp3) is 0.143. The molecule has 1 aromatic carbocycles. The van der Waals surface area contributed by atoms with Crippen LogP contribution in [0.5, 0.6) is 0 Å². The minimum absolute atomic E-state index is 0.0509. The molecule has 0 saturated heterocycles. The average Bonchev–Trinajstić information content (AvgIpc) is 3.10. The molecule has 0 N–H and O–H groups in total. The number of aryl methyl sites for hydroxylation is 1. The van der Waals surface area contributed by atoms with E-state index in [4.69, 9.17) is 16.1 Å². The molecule has 7 heteroatoms. The third-order valence-electron chi connectivity index (χ3n) is 2.94. The summed E-state index contributed by atoms with van der Waals surface area (Å²) >= 11 is 6.08. The zero-order valence-corrected chi connectivity index (χ0v) is 11.9. The number of carbonyl (C=O) groups excluding carboxylic acids is 1. The first kappa shape index (κ1) is 13.5. The highest BCUT2D eigenvalue weighted by molar-refractivity contribution is 6.31. The Kier molecular flexibility index (Phi) is 3.53. The lowest BCUT2D eigenvalue weighted by molar-refractivity contribution is 0.0994. The molecular weight excluding hydrogens is 292 g/mol. The zero-order chi connectivity index (χ0) is 14.8. The molecule has 2 aromatic heterocycles. The number of hydrogen-bond acceptors (Lipinski definition) is 5. The van der Waals surface area contributed by atoms with Gasteiger partial charge in [0.25, 0.3) is 11.7 Å². The van der Waals surface area contributed by atoms with E-state index in [-0.39, 0.29) is 11.7 Å². The number of carbonyl (C=O) groups is 1. The topological polar surface area (TPSA) is 73.8 Å². The Morgan fingerprint density at radius 2 is 2.19 bits per heavy atom. The number of nitrogens with zero attached hydrogens (tertiary/aromatic N) is 4. The van der Waals surface area contributed by atoms with Crippen LogP contribution >= 0.6 is 11.6 Å². The Hall–Kier alpha value is -2.47. The molecule has 0 radical (unpaired) electrons. The lowest BCUT2D eigenvalue weighted by atomic mass is 10.1. The highest BCUT2D eigenvalue weighted by Gasteiger charge is 2.19. The Bertz CT molecular complexity index is 794. The summed E-state index contributed by atoms with van der Waals surface area (Å²) in [6.07, 6.45) is 3.46. The molecule has 0 atom stereocenters. The monoisotopic (exact) mass is 302 g/mol. The van der Waals surface area contributed by atoms with E-state index in [2.05, 4.69) is 15.2 Å². The summed E-state index contributed by atoms with van der Waals surface area (Å²) < 4.78 is 6.55. The first-order valence-corrected chi connectivity index (χ1v) is 6.60. The average molecular weight is 303 g/mol. The number of hydrogen-bond donors (Lipinski definition) is 0. The SMILES string of the molecule is Cn1cc(C(=O)c2nc(Cc3ccccc3Cl)no2)cn1. The van der Waals surface area contributed by atoms with Crippen LogP contribution in [0, 0.1) is 0 Å². The van der Waals surface area contributed by atoms with E-state index in [0.29, 0.717) is 22.8 Å². The van der Waals surface area contributed by atoms with Gasteiger partial charge in [-0.15, -0.1) is 0 Å². The molecule has 3 rings (SSSR count). The predicted molar refractivity (Wildman–Crippen MR) is 75.2 cm³/mol. The van der Waals surface area contributed by atoms with Gasteiger partial charge in [0.05, 0.1) is 11.8 Å². The smallest absolute Gasteiger partial charge is 0.299 e. The van der Waals surface area contributed by atoms with Crippen molar-refractivity contribution in [1.29, 1.82) is 0 Å². The first-order valence-electron chi connectivity index (χ1n) is 6.23. The second-order valence-electron chi connectivity index (χ2n) is 4.52. The Labute approximate surface area is 125 Å². The number of ketones is 1. The van der Waals surface area contributed by atoms with Gasteiger partial charge in [0.2, 0.25) is 0 Å². The van der Waals surface area contributed by atoms with Gasteiger partial charge in [-0.2, -0.15) is 10.1 Å². The van der Waals surface area contributed by atoms with Crippen molar-refractivity contribution in [3.8, 4) is 0 Å². The standard InChI is InChI=1S/C14H11ClN4O2/c1-19-8-10(7-16-19)13(20)14-17-12(18-21-14)6-9-4-2-3-5-11(9)15/h2-5,7-8H,6H2,1H3. The van der Waals surface area contributed by atoms with E-state index < -0.39 is 0 Å². The maximum absolute atomic E-state index is 12.1. The number of aromatic nitrogens is 4. The van der Waals surface area contributed by atoms with Crippen LogP contribution in [0.15, 0.2) is 41.2 Å². The summed E-state index contributed by atoms with van der Waals surface area (Å²) in [5, 5.41) is 8.38. The van der Waals surface area contributed by atoms with Crippen LogP contribution in [0.3, 0.4) is 0 Å². The van der Waals surface area contributed by atoms with Gasteiger partial charge in [0.1, 0.15) is 0 Å². The number of rotatable bonds is 4. The van der Waals surface area contributed by atoms with Crippen LogP contribution in [0.1, 0.15) is 27.6 Å². The van der Waals surface area contributed by atoms with Crippen LogP contribution in [-0.2, 0) is 13.5 Å². The predicted octanol–water partition coefficient (Wildman–Crippen LogP) is 2.28. The van der Waals surface area contributed by atoms with Crippen molar-refractivity contribution in [2.45, 2.75) is 6.42 Å². The second kappa shape index (κ2) is 5.49. The first-order chi connectivity index (χ1) is 10.1. The zero-order valence-electron chi connectivity index (χ0n) is 11.2. The van der Waals surface area contributed by atoms with Crippen LogP contribution in [0.4, 0.5) is 0 Å². The molecule has 106 valence electrons. The van der Waals surface area contributed by atoms with E-state index in [1.807, 2.05) is 18.2 Å². The van der Waals surface area contributed by atoms with Gasteiger partial charge in [-0.05, 0) is 11.6 Å². The Morgan fingerprint density at radius 3 is 2.90 bits per heavy atom. The lowest BCUT2D eigenvalue weighted by Crippen LogP contribution is -2.01. The fourth-order valence-electron chi connectivity index (χ4n) is 1.89. The minimum atomic E-state index is -0.346. The molecule has 0 unspecified atom stereocenters. The third-order valence-corrected chi connectivity index (χ3v) is 3.30. The van der Waals surface area contributed by atoms with Gasteiger partial charge in [0.15, 0.2) is 5.82 Å². The van der Waals surface area contributed by atoms with Gasteiger partial charge in [0, 0.05) is 24.7 Å². The Balaban J connectivity index is 1.81. The fourth-order valence-corrected chi connectivity index (χ4v) is 2.09. The van der Waals surface area contributed by atoms with Crippen molar-refractivity contribution < 1.29 is 9.32 Å². The molecule has 21 heavy (non-hydrogen) atoms. The molecule has 6 nitrogen and oxygen atoms in total. The molecule has 0 fully saturated rings. The minimum Gasteiger partial charge on any atom is -0.330 e. The molecular formula is C14H11ClN4O2. The summed E-state index contributed by atoms with van der Waals surface area (Å²) in [6.45, 7) is 0. The highest BCUT2D eigenvalue weighted by Crippen LogP contribution is 2.18. The van der Waals surface area contributed by atoms with Gasteiger partial charge < -0.3 is 4.52 Å². The van der Waals surface area contributed by atoms with Crippen LogP contribution in [0.25, 0.3) is 0 Å². The van der Waals surface area contributed by atoms with Crippen LogP contribution in [-0.4, -0.2) is 25.7 Å². The van der Waals surface area contributed by atoms with Crippen LogP contribution < -0.4 is 0 Å². The maximum atomic E-state index is 12.1. The van der Waals surface area contributed by atoms with Crippen molar-refractivity contribution in [3.63, 3.8) is 0 Å². The summed E-state index contributed by atoms with van der Waals surface area (Å²) in [7, 11) is 1.73. The lowest BCUT2D eigenvalue weighted by Gasteiger charge is -1.98. The maximum Gasteiger partial charge on any atom is 0.299 e. The second-order valence-corrected chi connectivity index (χ2v) is 4.92. The van der Waals surface area contributed by atoms with Crippen molar-refractivity contribution in [1.82, 2.24) is 19.9 Å². The summed E-state index contributed by atoms with van der Waals surface area (Å²) in [6, 6.07) is 7.39. The molecule has 2 heterocycles.